The minimum absolute atomic E-state index is 0.189. The van der Waals surface area contributed by atoms with Crippen LogP contribution in [-0.2, 0) is 16.1 Å². The van der Waals surface area contributed by atoms with Crippen molar-refractivity contribution in [3.05, 3.63) is 118 Å². The van der Waals surface area contributed by atoms with Crippen molar-refractivity contribution in [3.63, 3.8) is 0 Å². The maximum absolute atomic E-state index is 14.2. The summed E-state index contributed by atoms with van der Waals surface area (Å²) in [4.78, 5) is 33.1. The number of fused-ring (bicyclic) bond motifs is 1. The highest BCUT2D eigenvalue weighted by molar-refractivity contribution is 9.10. The molecule has 0 fully saturated rings. The number of hydrogen-bond donors (Lipinski definition) is 0. The van der Waals surface area contributed by atoms with Crippen molar-refractivity contribution < 1.29 is 23.7 Å². The third-order valence-corrected chi connectivity index (χ3v) is 9.13. The van der Waals surface area contributed by atoms with Gasteiger partial charge in [0.05, 0.1) is 36.1 Å². The Hall–Kier alpha value is -3.86. The van der Waals surface area contributed by atoms with Gasteiger partial charge in [0.15, 0.2) is 16.3 Å². The summed E-state index contributed by atoms with van der Waals surface area (Å²) in [6, 6.07) is 17.8. The molecule has 1 aliphatic heterocycles. The van der Waals surface area contributed by atoms with Crippen LogP contribution in [0.25, 0.3) is 6.08 Å². The number of halogens is 2. The molecule has 0 bridgehead atoms. The first-order chi connectivity index (χ1) is 22.3. The number of esters is 1. The van der Waals surface area contributed by atoms with Gasteiger partial charge in [0.2, 0.25) is 0 Å². The number of carbonyl (C=O) groups is 1. The monoisotopic (exact) mass is 724 g/mol. The topological polar surface area (TPSA) is 88.4 Å². The maximum atomic E-state index is 14.2. The second-order valence-electron chi connectivity index (χ2n) is 10.3. The molecule has 0 radical (unpaired) electrons. The summed E-state index contributed by atoms with van der Waals surface area (Å²) in [6.07, 6.45) is 3.09. The van der Waals surface area contributed by atoms with Crippen molar-refractivity contribution >= 4 is 50.9 Å². The molecule has 0 unspecified atom stereocenters. The van der Waals surface area contributed by atoms with Crippen LogP contribution in [0.2, 0.25) is 5.02 Å². The number of ether oxygens (including phenoxy) is 4. The molecule has 240 valence electrons. The van der Waals surface area contributed by atoms with E-state index in [1.807, 2.05) is 74.5 Å². The molecule has 3 aromatic carbocycles. The van der Waals surface area contributed by atoms with E-state index < -0.39 is 12.0 Å². The van der Waals surface area contributed by atoms with E-state index in [-0.39, 0.29) is 18.8 Å². The minimum Gasteiger partial charge on any atom is -0.496 e. The summed E-state index contributed by atoms with van der Waals surface area (Å²) in [5.74, 6) is 1.13. The van der Waals surface area contributed by atoms with Gasteiger partial charge < -0.3 is 18.9 Å². The Morgan fingerprint density at radius 1 is 1.02 bits per heavy atom. The maximum Gasteiger partial charge on any atom is 0.338 e. The number of rotatable bonds is 12. The van der Waals surface area contributed by atoms with Crippen LogP contribution < -0.4 is 29.1 Å². The number of carbonyl (C=O) groups excluding carboxylic acids is 1. The number of nitrogens with zero attached hydrogens (tertiary/aromatic N) is 2. The molecule has 0 N–H and O–H groups in total. The average molecular weight is 726 g/mol. The van der Waals surface area contributed by atoms with Crippen molar-refractivity contribution in [2.45, 2.75) is 46.3 Å². The summed E-state index contributed by atoms with van der Waals surface area (Å²) >= 11 is 11.1. The molecule has 8 nitrogen and oxygen atoms in total. The Labute approximate surface area is 284 Å². The molecule has 0 saturated carbocycles. The second kappa shape index (κ2) is 15.2. The predicted molar refractivity (Wildman–Crippen MR) is 184 cm³/mol. The van der Waals surface area contributed by atoms with Gasteiger partial charge in [0.25, 0.3) is 5.56 Å². The zero-order valence-corrected chi connectivity index (χ0v) is 29.1. The van der Waals surface area contributed by atoms with Gasteiger partial charge in [-0.05, 0) is 68.3 Å². The van der Waals surface area contributed by atoms with E-state index in [2.05, 4.69) is 15.9 Å². The van der Waals surface area contributed by atoms with Crippen LogP contribution in [0.1, 0.15) is 56.3 Å². The molecule has 5 rings (SSSR count). The molecule has 1 aliphatic rings. The van der Waals surface area contributed by atoms with Gasteiger partial charge in [-0.25, -0.2) is 9.79 Å². The third-order valence-electron chi connectivity index (χ3n) is 7.28. The molecule has 0 amide bonds. The standard InChI is InChI=1S/C35H34BrClN2O6S/c1-5-10-26-31(34(41)44-7-3)32(24-19-23(36)14-16-27(24)42-4)39-33(40)30(46-35(39)38-26)18-21-13-15-28(29(17-21)43-6-2)45-20-22-11-8-9-12-25(22)37/h8-9,11-19,32H,5-7,10,20H2,1-4H3/b30-18+/t32-/m0/s1. The van der Waals surface area contributed by atoms with Gasteiger partial charge in [0.1, 0.15) is 18.4 Å². The van der Waals surface area contributed by atoms with Crippen LogP contribution in [0.15, 0.2) is 86.2 Å². The molecular formula is C35H34BrClN2O6S. The lowest BCUT2D eigenvalue weighted by molar-refractivity contribution is -0.139. The summed E-state index contributed by atoms with van der Waals surface area (Å²) in [5.41, 5.74) is 2.89. The lowest BCUT2D eigenvalue weighted by Crippen LogP contribution is -2.40. The molecule has 2 heterocycles. The van der Waals surface area contributed by atoms with E-state index in [4.69, 9.17) is 35.5 Å². The lowest BCUT2D eigenvalue weighted by atomic mass is 9.93. The SMILES string of the molecule is CCCC1=C(C(=O)OCC)[C@H](c2cc(Br)ccc2OC)n2c(s/c(=C/c3ccc(OCc4ccccc4Cl)c(OCC)c3)c2=O)=N1. The van der Waals surface area contributed by atoms with Crippen LogP contribution >= 0.6 is 38.9 Å². The van der Waals surface area contributed by atoms with Crippen molar-refractivity contribution in [1.82, 2.24) is 4.57 Å². The molecule has 0 spiro atoms. The highest BCUT2D eigenvalue weighted by Crippen LogP contribution is 2.38. The van der Waals surface area contributed by atoms with Crippen LogP contribution in [0, 0.1) is 0 Å². The van der Waals surface area contributed by atoms with Crippen molar-refractivity contribution in [2.75, 3.05) is 20.3 Å². The fourth-order valence-electron chi connectivity index (χ4n) is 5.26. The van der Waals surface area contributed by atoms with Crippen molar-refractivity contribution in [3.8, 4) is 17.2 Å². The third kappa shape index (κ3) is 7.09. The molecule has 11 heteroatoms. The summed E-state index contributed by atoms with van der Waals surface area (Å²) < 4.78 is 26.0. The Kier molecular flexibility index (Phi) is 11.0. The first-order valence-electron chi connectivity index (χ1n) is 15.0. The van der Waals surface area contributed by atoms with Gasteiger partial charge >= 0.3 is 5.97 Å². The van der Waals surface area contributed by atoms with Gasteiger partial charge in [-0.15, -0.1) is 0 Å². The van der Waals surface area contributed by atoms with E-state index in [9.17, 15) is 9.59 Å². The molecule has 0 saturated heterocycles. The zero-order chi connectivity index (χ0) is 32.8. The van der Waals surface area contributed by atoms with E-state index in [1.54, 1.807) is 24.7 Å². The number of allylic oxidation sites excluding steroid dienone is 1. The van der Waals surface area contributed by atoms with Crippen LogP contribution in [0.4, 0.5) is 0 Å². The fourth-order valence-corrected chi connectivity index (χ4v) is 6.85. The van der Waals surface area contributed by atoms with E-state index in [0.717, 1.165) is 22.0 Å². The normalized spacial score (nSPS) is 14.5. The number of hydrogen-bond acceptors (Lipinski definition) is 8. The molecule has 46 heavy (non-hydrogen) atoms. The van der Waals surface area contributed by atoms with Crippen molar-refractivity contribution in [2.24, 2.45) is 4.99 Å². The zero-order valence-electron chi connectivity index (χ0n) is 26.0. The minimum atomic E-state index is -0.800. The summed E-state index contributed by atoms with van der Waals surface area (Å²) in [7, 11) is 1.56. The Morgan fingerprint density at radius 2 is 1.80 bits per heavy atom. The number of aromatic nitrogens is 1. The van der Waals surface area contributed by atoms with Gasteiger partial charge in [0, 0.05) is 20.6 Å². The average Bonchev–Trinajstić information content (AvgIpc) is 3.35. The van der Waals surface area contributed by atoms with E-state index in [0.29, 0.717) is 61.5 Å². The van der Waals surface area contributed by atoms with Gasteiger partial charge in [-0.3, -0.25) is 9.36 Å². The molecule has 1 aromatic heterocycles. The first kappa shape index (κ1) is 33.5. The number of benzene rings is 3. The smallest absolute Gasteiger partial charge is 0.338 e. The lowest BCUT2D eigenvalue weighted by Gasteiger charge is -2.27. The molecule has 0 aliphatic carbocycles. The van der Waals surface area contributed by atoms with Gasteiger partial charge in [-0.2, -0.15) is 0 Å². The largest absolute Gasteiger partial charge is 0.496 e. The predicted octanol–water partition coefficient (Wildman–Crippen LogP) is 6.98. The van der Waals surface area contributed by atoms with Crippen LogP contribution in [0.5, 0.6) is 17.2 Å². The quantitative estimate of drug-likeness (QED) is 0.147. The highest BCUT2D eigenvalue weighted by Gasteiger charge is 2.36. The second-order valence-corrected chi connectivity index (χ2v) is 12.7. The summed E-state index contributed by atoms with van der Waals surface area (Å²) in [5, 5.41) is 0.624. The number of methoxy groups -OCH3 is 1. The fraction of sp³-hybridized carbons (Fsp3) is 0.286. The van der Waals surface area contributed by atoms with E-state index >= 15 is 0 Å². The van der Waals surface area contributed by atoms with Crippen molar-refractivity contribution in [1.29, 1.82) is 0 Å². The van der Waals surface area contributed by atoms with E-state index in [1.165, 1.54) is 11.3 Å². The first-order valence-corrected chi connectivity index (χ1v) is 17.0. The molecule has 4 aromatic rings. The number of thiazole rings is 1. The van der Waals surface area contributed by atoms with Gasteiger partial charge in [-0.1, -0.05) is 76.5 Å². The summed E-state index contributed by atoms with van der Waals surface area (Å²) in [6.45, 7) is 6.57. The Balaban J connectivity index is 1.63. The molecule has 1 atom stereocenters. The van der Waals surface area contributed by atoms with Crippen LogP contribution in [0.3, 0.4) is 0 Å². The Morgan fingerprint density at radius 3 is 2.52 bits per heavy atom. The molecular weight excluding hydrogens is 692 g/mol. The van der Waals surface area contributed by atoms with Crippen LogP contribution in [-0.4, -0.2) is 30.9 Å². The highest BCUT2D eigenvalue weighted by atomic mass is 79.9. The Bertz CT molecular complexity index is 1970.